The molecule has 0 spiro atoms. The Hall–Kier alpha value is -2.53. The fourth-order valence-corrected chi connectivity index (χ4v) is 2.60. The molecule has 0 aromatic heterocycles. The van der Waals surface area contributed by atoms with Crippen molar-refractivity contribution in [1.82, 2.24) is 5.32 Å². The van der Waals surface area contributed by atoms with Crippen LogP contribution in [0.25, 0.3) is 0 Å². The summed E-state index contributed by atoms with van der Waals surface area (Å²) in [4.78, 5) is 14.4. The van der Waals surface area contributed by atoms with Crippen LogP contribution < -0.4 is 10.2 Å². The van der Waals surface area contributed by atoms with Crippen LogP contribution in [0.1, 0.15) is 15.9 Å². The van der Waals surface area contributed by atoms with Crippen molar-refractivity contribution in [2.75, 3.05) is 31.2 Å². The van der Waals surface area contributed by atoms with Gasteiger partial charge >= 0.3 is 0 Å². The van der Waals surface area contributed by atoms with Gasteiger partial charge < -0.3 is 20.1 Å². The average molecular weight is 312 g/mol. The second-order valence-corrected chi connectivity index (χ2v) is 5.47. The first-order chi connectivity index (χ1) is 11.2. The van der Waals surface area contributed by atoms with Gasteiger partial charge in [-0.2, -0.15) is 0 Å². The summed E-state index contributed by atoms with van der Waals surface area (Å²) in [6.07, 6.45) is 0. The summed E-state index contributed by atoms with van der Waals surface area (Å²) in [7, 11) is 0. The summed E-state index contributed by atoms with van der Waals surface area (Å²) in [5.74, 6) is -0.278. The van der Waals surface area contributed by atoms with Gasteiger partial charge in [0.1, 0.15) is 5.75 Å². The van der Waals surface area contributed by atoms with E-state index in [1.807, 2.05) is 36.4 Å². The van der Waals surface area contributed by atoms with Crippen molar-refractivity contribution < 1.29 is 14.6 Å². The molecule has 0 saturated carbocycles. The van der Waals surface area contributed by atoms with E-state index in [1.54, 1.807) is 12.1 Å². The first kappa shape index (κ1) is 15.4. The molecule has 0 atom stereocenters. The number of rotatable bonds is 4. The molecule has 2 aromatic carbocycles. The zero-order valence-electron chi connectivity index (χ0n) is 12.9. The van der Waals surface area contributed by atoms with Crippen molar-refractivity contribution in [3.05, 3.63) is 59.7 Å². The smallest absolute Gasteiger partial charge is 0.255 e. The van der Waals surface area contributed by atoms with Crippen LogP contribution in [-0.2, 0) is 11.3 Å². The number of phenolic OH excluding ortho intramolecular Hbond substituents is 1. The maximum absolute atomic E-state index is 12.2. The first-order valence-electron chi connectivity index (χ1n) is 7.72. The highest BCUT2D eigenvalue weighted by molar-refractivity contribution is 5.97. The largest absolute Gasteiger partial charge is 0.507 e. The van der Waals surface area contributed by atoms with Gasteiger partial charge in [-0.3, -0.25) is 4.79 Å². The Bertz CT molecular complexity index is 667. The molecular weight excluding hydrogens is 292 g/mol. The summed E-state index contributed by atoms with van der Waals surface area (Å²) >= 11 is 0. The van der Waals surface area contributed by atoms with Crippen LogP contribution in [0, 0.1) is 0 Å². The van der Waals surface area contributed by atoms with Crippen molar-refractivity contribution in [2.24, 2.45) is 0 Å². The Morgan fingerprint density at radius 1 is 1.13 bits per heavy atom. The Balaban J connectivity index is 1.66. The summed E-state index contributed by atoms with van der Waals surface area (Å²) in [6, 6.07) is 14.8. The van der Waals surface area contributed by atoms with E-state index in [9.17, 15) is 9.90 Å². The van der Waals surface area contributed by atoms with Crippen LogP contribution in [0.15, 0.2) is 48.5 Å². The maximum atomic E-state index is 12.2. The number of phenols is 1. The third-order valence-electron chi connectivity index (χ3n) is 3.90. The molecule has 0 bridgehead atoms. The Morgan fingerprint density at radius 3 is 2.57 bits per heavy atom. The molecule has 5 nitrogen and oxygen atoms in total. The van der Waals surface area contributed by atoms with Crippen LogP contribution >= 0.6 is 0 Å². The number of aromatic hydroxyl groups is 1. The number of carbonyl (C=O) groups is 1. The van der Waals surface area contributed by atoms with Gasteiger partial charge in [-0.15, -0.1) is 0 Å². The zero-order chi connectivity index (χ0) is 16.1. The highest BCUT2D eigenvalue weighted by atomic mass is 16.5. The number of nitrogens with one attached hydrogen (secondary N) is 1. The van der Waals surface area contributed by atoms with Gasteiger partial charge in [-0.05, 0) is 17.7 Å². The van der Waals surface area contributed by atoms with Crippen LogP contribution in [-0.4, -0.2) is 37.3 Å². The molecule has 23 heavy (non-hydrogen) atoms. The molecule has 1 aliphatic heterocycles. The number of ether oxygens (including phenoxy) is 1. The van der Waals surface area contributed by atoms with Gasteiger partial charge in [0.05, 0.1) is 18.8 Å². The van der Waals surface area contributed by atoms with Crippen molar-refractivity contribution in [3.63, 3.8) is 0 Å². The lowest BCUT2D eigenvalue weighted by Crippen LogP contribution is -2.36. The molecule has 0 radical (unpaired) electrons. The van der Waals surface area contributed by atoms with Gasteiger partial charge in [0.25, 0.3) is 5.91 Å². The van der Waals surface area contributed by atoms with Crippen molar-refractivity contribution in [2.45, 2.75) is 6.54 Å². The molecule has 2 N–H and O–H groups in total. The summed E-state index contributed by atoms with van der Waals surface area (Å²) in [5.41, 5.74) is 2.22. The van der Waals surface area contributed by atoms with Gasteiger partial charge in [-0.1, -0.05) is 30.3 Å². The number of morpholine rings is 1. The second-order valence-electron chi connectivity index (χ2n) is 5.47. The Kier molecular flexibility index (Phi) is 4.78. The number of hydrogen-bond acceptors (Lipinski definition) is 4. The molecule has 2 aromatic rings. The molecule has 1 aliphatic rings. The van der Waals surface area contributed by atoms with E-state index in [-0.39, 0.29) is 17.2 Å². The summed E-state index contributed by atoms with van der Waals surface area (Å²) < 4.78 is 5.32. The van der Waals surface area contributed by atoms with E-state index in [2.05, 4.69) is 10.2 Å². The topological polar surface area (TPSA) is 61.8 Å². The standard InChI is InChI=1S/C18H20N2O3/c21-17-12-15(20-8-10-23-11-9-20)6-7-16(17)18(22)19-13-14-4-2-1-3-5-14/h1-7,12,21H,8-11,13H2,(H,19,22). The predicted molar refractivity (Wildman–Crippen MR) is 88.8 cm³/mol. The number of nitrogens with zero attached hydrogens (tertiary/aromatic N) is 1. The van der Waals surface area contributed by atoms with Gasteiger partial charge in [0, 0.05) is 31.4 Å². The quantitative estimate of drug-likeness (QED) is 0.908. The highest BCUT2D eigenvalue weighted by Gasteiger charge is 2.15. The van der Waals surface area contributed by atoms with Crippen LogP contribution in [0.3, 0.4) is 0 Å². The maximum Gasteiger partial charge on any atom is 0.255 e. The number of amides is 1. The van der Waals surface area contributed by atoms with E-state index in [0.29, 0.717) is 19.8 Å². The fraction of sp³-hybridized carbons (Fsp3) is 0.278. The Labute approximate surface area is 135 Å². The number of carbonyl (C=O) groups excluding carboxylic acids is 1. The summed E-state index contributed by atoms with van der Waals surface area (Å²) in [6.45, 7) is 3.38. The molecule has 1 heterocycles. The van der Waals surface area contributed by atoms with E-state index in [4.69, 9.17) is 4.74 Å². The van der Waals surface area contributed by atoms with E-state index in [0.717, 1.165) is 24.3 Å². The molecule has 0 unspecified atom stereocenters. The predicted octanol–water partition coefficient (Wildman–Crippen LogP) is 2.16. The van der Waals surface area contributed by atoms with Crippen LogP contribution in [0.4, 0.5) is 5.69 Å². The molecule has 1 amide bonds. The minimum atomic E-state index is -0.278. The molecule has 1 saturated heterocycles. The summed E-state index contributed by atoms with van der Waals surface area (Å²) in [5, 5.41) is 13.0. The van der Waals surface area contributed by atoms with Crippen LogP contribution in [0.2, 0.25) is 0 Å². The number of hydrogen-bond donors (Lipinski definition) is 2. The molecule has 0 aliphatic carbocycles. The SMILES string of the molecule is O=C(NCc1ccccc1)c1ccc(N2CCOCC2)cc1O. The van der Waals surface area contributed by atoms with Gasteiger partial charge in [-0.25, -0.2) is 0 Å². The lowest BCUT2D eigenvalue weighted by molar-refractivity contribution is 0.0948. The molecule has 120 valence electrons. The van der Waals surface area contributed by atoms with Crippen LogP contribution in [0.5, 0.6) is 5.75 Å². The molecule has 3 rings (SSSR count). The number of anilines is 1. The fourth-order valence-electron chi connectivity index (χ4n) is 2.60. The second kappa shape index (κ2) is 7.15. The monoisotopic (exact) mass is 312 g/mol. The first-order valence-corrected chi connectivity index (χ1v) is 7.72. The highest BCUT2D eigenvalue weighted by Crippen LogP contribution is 2.25. The van der Waals surface area contributed by atoms with Crippen molar-refractivity contribution in [3.8, 4) is 5.75 Å². The third kappa shape index (κ3) is 3.81. The number of benzene rings is 2. The van der Waals surface area contributed by atoms with E-state index in [1.165, 1.54) is 0 Å². The average Bonchev–Trinajstić information content (AvgIpc) is 2.61. The normalized spacial score (nSPS) is 14.5. The van der Waals surface area contributed by atoms with Gasteiger partial charge in [0.15, 0.2) is 0 Å². The molecule has 1 fully saturated rings. The lowest BCUT2D eigenvalue weighted by atomic mass is 10.1. The van der Waals surface area contributed by atoms with E-state index < -0.39 is 0 Å². The van der Waals surface area contributed by atoms with Gasteiger partial charge in [0.2, 0.25) is 0 Å². The molecule has 5 heteroatoms. The van der Waals surface area contributed by atoms with E-state index >= 15 is 0 Å². The lowest BCUT2D eigenvalue weighted by Gasteiger charge is -2.29. The minimum Gasteiger partial charge on any atom is -0.507 e. The minimum absolute atomic E-state index is 0.000413. The van der Waals surface area contributed by atoms with Crippen molar-refractivity contribution >= 4 is 11.6 Å². The third-order valence-corrected chi connectivity index (χ3v) is 3.90. The van der Waals surface area contributed by atoms with Crippen molar-refractivity contribution in [1.29, 1.82) is 0 Å². The Morgan fingerprint density at radius 2 is 1.87 bits per heavy atom. The zero-order valence-corrected chi connectivity index (χ0v) is 12.9. The molecular formula is C18H20N2O3.